The van der Waals surface area contributed by atoms with E-state index in [0.717, 1.165) is 39.0 Å². The Balaban J connectivity index is 1.59. The zero-order valence-electron chi connectivity index (χ0n) is 9.04. The number of hydrogen-bond donors (Lipinski definition) is 2. The third kappa shape index (κ3) is 1.76. The fourth-order valence-corrected chi connectivity index (χ4v) is 3.02. The molecule has 84 valence electrons. The summed E-state index contributed by atoms with van der Waals surface area (Å²) in [5, 5.41) is 6.77. The topological polar surface area (TPSA) is 44.4 Å². The number of nitrogens with one attached hydrogen (secondary N) is 2. The largest absolute Gasteiger partial charge is 0.339 e. The molecule has 0 aliphatic carbocycles. The van der Waals surface area contributed by atoms with E-state index < -0.39 is 0 Å². The number of rotatable bonds is 1. The van der Waals surface area contributed by atoms with Gasteiger partial charge in [0.1, 0.15) is 0 Å². The van der Waals surface area contributed by atoms with Crippen molar-refractivity contribution in [1.82, 2.24) is 15.5 Å². The molecule has 0 spiro atoms. The molecule has 4 rings (SSSR count). The zero-order chi connectivity index (χ0) is 10.3. The molecule has 2 unspecified atom stereocenters. The van der Waals surface area contributed by atoms with Crippen LogP contribution < -0.4 is 10.6 Å². The minimum absolute atomic E-state index is 0.295. The Morgan fingerprint density at radius 2 is 1.73 bits per heavy atom. The molecule has 2 N–H and O–H groups in total. The van der Waals surface area contributed by atoms with Gasteiger partial charge in [-0.2, -0.15) is 0 Å². The van der Waals surface area contributed by atoms with Crippen LogP contribution in [0.1, 0.15) is 19.3 Å². The van der Waals surface area contributed by atoms with E-state index >= 15 is 0 Å². The van der Waals surface area contributed by atoms with Gasteiger partial charge in [0.2, 0.25) is 5.91 Å². The minimum Gasteiger partial charge on any atom is -0.339 e. The summed E-state index contributed by atoms with van der Waals surface area (Å²) < 4.78 is 0. The van der Waals surface area contributed by atoms with Crippen LogP contribution in [0.3, 0.4) is 0 Å². The lowest BCUT2D eigenvalue weighted by molar-refractivity contribution is -0.140. The van der Waals surface area contributed by atoms with Crippen molar-refractivity contribution < 1.29 is 4.79 Å². The van der Waals surface area contributed by atoms with Crippen LogP contribution >= 0.6 is 0 Å². The fraction of sp³-hybridized carbons (Fsp3) is 0.909. The Morgan fingerprint density at radius 1 is 1.13 bits per heavy atom. The van der Waals surface area contributed by atoms with Gasteiger partial charge in [0.15, 0.2) is 0 Å². The standard InChI is InChI=1S/C11H19N3O/c15-11(8-1-3-12-4-2-8)14-6-9-5-10(7-14)13-9/h8-10,12-13H,1-7H2. The minimum atomic E-state index is 0.295. The predicted molar refractivity (Wildman–Crippen MR) is 57.5 cm³/mol. The van der Waals surface area contributed by atoms with E-state index in [9.17, 15) is 4.79 Å². The maximum Gasteiger partial charge on any atom is 0.225 e. The Morgan fingerprint density at radius 3 is 2.33 bits per heavy atom. The van der Waals surface area contributed by atoms with Crippen molar-refractivity contribution in [3.8, 4) is 0 Å². The molecule has 4 aliphatic heterocycles. The molecule has 4 saturated heterocycles. The first-order valence-corrected chi connectivity index (χ1v) is 6.08. The number of amides is 1. The van der Waals surface area contributed by atoms with Gasteiger partial charge >= 0.3 is 0 Å². The molecule has 4 nitrogen and oxygen atoms in total. The van der Waals surface area contributed by atoms with E-state index in [-0.39, 0.29) is 0 Å². The van der Waals surface area contributed by atoms with E-state index in [0.29, 0.717) is 23.9 Å². The second-order valence-electron chi connectivity index (χ2n) is 5.06. The van der Waals surface area contributed by atoms with Crippen LogP contribution in [-0.2, 0) is 4.79 Å². The highest BCUT2D eigenvalue weighted by molar-refractivity contribution is 5.79. The number of piperidine rings is 2. The summed E-state index contributed by atoms with van der Waals surface area (Å²) in [6, 6.07) is 1.18. The Hall–Kier alpha value is -0.610. The Kier molecular flexibility index (Phi) is 2.41. The molecular weight excluding hydrogens is 190 g/mol. The summed E-state index contributed by atoms with van der Waals surface area (Å²) in [5.74, 6) is 0.705. The molecule has 15 heavy (non-hydrogen) atoms. The van der Waals surface area contributed by atoms with Crippen LogP contribution in [0.25, 0.3) is 0 Å². The summed E-state index contributed by atoms with van der Waals surface area (Å²) in [5.41, 5.74) is 0. The molecule has 0 aromatic rings. The molecule has 0 aromatic heterocycles. The highest BCUT2D eigenvalue weighted by atomic mass is 16.2. The number of piperazine rings is 1. The molecule has 4 aliphatic rings. The van der Waals surface area contributed by atoms with Crippen LogP contribution in [0.5, 0.6) is 0 Å². The van der Waals surface area contributed by atoms with Gasteiger partial charge in [0.05, 0.1) is 0 Å². The van der Waals surface area contributed by atoms with E-state index in [1.165, 1.54) is 6.42 Å². The molecule has 4 fully saturated rings. The predicted octanol–water partition coefficient (Wildman–Crippen LogP) is -0.441. The summed E-state index contributed by atoms with van der Waals surface area (Å²) >= 11 is 0. The molecule has 0 aromatic carbocycles. The number of carbonyl (C=O) groups excluding carboxylic acids is 1. The molecule has 0 saturated carbocycles. The van der Waals surface area contributed by atoms with Crippen LogP contribution in [0, 0.1) is 5.92 Å². The van der Waals surface area contributed by atoms with Gasteiger partial charge in [-0.05, 0) is 32.4 Å². The van der Waals surface area contributed by atoms with Crippen molar-refractivity contribution in [2.24, 2.45) is 5.92 Å². The number of nitrogens with zero attached hydrogens (tertiary/aromatic N) is 1. The van der Waals surface area contributed by atoms with Crippen molar-refractivity contribution in [1.29, 1.82) is 0 Å². The van der Waals surface area contributed by atoms with Crippen molar-refractivity contribution >= 4 is 5.91 Å². The first kappa shape index (κ1) is 9.60. The molecular formula is C11H19N3O. The second-order valence-corrected chi connectivity index (χ2v) is 5.06. The van der Waals surface area contributed by atoms with E-state index in [1.807, 2.05) is 0 Å². The molecule has 1 amide bonds. The van der Waals surface area contributed by atoms with Gasteiger partial charge in [0.25, 0.3) is 0 Å². The van der Waals surface area contributed by atoms with E-state index in [4.69, 9.17) is 0 Å². The summed E-state index contributed by atoms with van der Waals surface area (Å²) in [6.45, 7) is 3.91. The highest BCUT2D eigenvalue weighted by Crippen LogP contribution is 2.24. The Bertz CT molecular complexity index is 247. The normalized spacial score (nSPS) is 36.1. The second kappa shape index (κ2) is 3.76. The third-order valence-corrected chi connectivity index (χ3v) is 3.92. The number of carbonyl (C=O) groups is 1. The number of hydrogen-bond acceptors (Lipinski definition) is 3. The highest BCUT2D eigenvalue weighted by Gasteiger charge is 2.39. The smallest absolute Gasteiger partial charge is 0.225 e. The van der Waals surface area contributed by atoms with Crippen LogP contribution in [0.15, 0.2) is 0 Å². The number of fused-ring (bicyclic) bond motifs is 2. The lowest BCUT2D eigenvalue weighted by Gasteiger charge is -2.49. The Labute approximate surface area is 90.4 Å². The van der Waals surface area contributed by atoms with Crippen LogP contribution in [0.4, 0.5) is 0 Å². The molecule has 4 heteroatoms. The monoisotopic (exact) mass is 209 g/mol. The summed E-state index contributed by atoms with van der Waals surface area (Å²) in [6.07, 6.45) is 3.33. The third-order valence-electron chi connectivity index (χ3n) is 3.92. The van der Waals surface area contributed by atoms with Crippen molar-refractivity contribution in [2.75, 3.05) is 26.2 Å². The molecule has 2 atom stereocenters. The lowest BCUT2D eigenvalue weighted by atomic mass is 9.89. The van der Waals surface area contributed by atoms with Gasteiger partial charge in [-0.15, -0.1) is 0 Å². The van der Waals surface area contributed by atoms with Crippen LogP contribution in [0.2, 0.25) is 0 Å². The molecule has 0 radical (unpaired) electrons. The maximum atomic E-state index is 12.2. The van der Waals surface area contributed by atoms with Gasteiger partial charge in [0, 0.05) is 31.1 Å². The van der Waals surface area contributed by atoms with E-state index in [2.05, 4.69) is 15.5 Å². The van der Waals surface area contributed by atoms with E-state index in [1.54, 1.807) is 0 Å². The van der Waals surface area contributed by atoms with Gasteiger partial charge in [-0.25, -0.2) is 0 Å². The van der Waals surface area contributed by atoms with Crippen molar-refractivity contribution in [2.45, 2.75) is 31.3 Å². The molecule has 2 bridgehead atoms. The quantitative estimate of drug-likeness (QED) is 0.615. The summed E-state index contributed by atoms with van der Waals surface area (Å²) in [4.78, 5) is 14.3. The summed E-state index contributed by atoms with van der Waals surface area (Å²) in [7, 11) is 0. The molecule has 4 heterocycles. The van der Waals surface area contributed by atoms with Gasteiger partial charge in [-0.3, -0.25) is 4.79 Å². The van der Waals surface area contributed by atoms with Crippen molar-refractivity contribution in [3.63, 3.8) is 0 Å². The lowest BCUT2D eigenvalue weighted by Crippen LogP contribution is -2.68. The fourth-order valence-electron chi connectivity index (χ4n) is 3.02. The maximum absolute atomic E-state index is 12.2. The first-order valence-electron chi connectivity index (χ1n) is 6.08. The zero-order valence-corrected chi connectivity index (χ0v) is 9.04. The SMILES string of the molecule is O=C(C1CCNCC1)N1CC2CC(C1)N2. The average molecular weight is 209 g/mol. The van der Waals surface area contributed by atoms with Gasteiger partial charge in [-0.1, -0.05) is 0 Å². The van der Waals surface area contributed by atoms with Crippen LogP contribution in [-0.4, -0.2) is 49.1 Å². The van der Waals surface area contributed by atoms with Gasteiger partial charge < -0.3 is 15.5 Å². The van der Waals surface area contributed by atoms with Crippen molar-refractivity contribution in [3.05, 3.63) is 0 Å². The average Bonchev–Trinajstić information content (AvgIpc) is 2.28. The first-order chi connectivity index (χ1) is 7.33.